The lowest BCUT2D eigenvalue weighted by Gasteiger charge is -2.34. The van der Waals surface area contributed by atoms with E-state index in [1.54, 1.807) is 18.9 Å². The zero-order valence-corrected chi connectivity index (χ0v) is 18.3. The summed E-state index contributed by atoms with van der Waals surface area (Å²) >= 11 is 0. The molecular formula is C23H28N4O4. The fourth-order valence-corrected chi connectivity index (χ4v) is 4.32. The minimum absolute atomic E-state index is 0.0914. The summed E-state index contributed by atoms with van der Waals surface area (Å²) in [5.74, 6) is 1.61. The quantitative estimate of drug-likeness (QED) is 0.746. The van der Waals surface area contributed by atoms with Gasteiger partial charge in [-0.2, -0.15) is 0 Å². The molecule has 2 heterocycles. The van der Waals surface area contributed by atoms with Crippen molar-refractivity contribution < 1.29 is 19.1 Å². The number of rotatable bonds is 4. The monoisotopic (exact) mass is 424 g/mol. The van der Waals surface area contributed by atoms with Crippen molar-refractivity contribution >= 4 is 17.8 Å². The van der Waals surface area contributed by atoms with Gasteiger partial charge in [-0.05, 0) is 43.9 Å². The van der Waals surface area contributed by atoms with Gasteiger partial charge in [-0.1, -0.05) is 12.1 Å². The van der Waals surface area contributed by atoms with Crippen LogP contribution in [0.1, 0.15) is 46.6 Å². The summed E-state index contributed by atoms with van der Waals surface area (Å²) in [4.78, 5) is 38.1. The Morgan fingerprint density at radius 2 is 1.81 bits per heavy atom. The zero-order chi connectivity index (χ0) is 22.0. The predicted octanol–water partition coefficient (Wildman–Crippen LogP) is 2.98. The van der Waals surface area contributed by atoms with Crippen molar-refractivity contribution in [2.75, 3.05) is 44.8 Å². The topological polar surface area (TPSA) is 84.9 Å². The van der Waals surface area contributed by atoms with Crippen molar-refractivity contribution in [3.8, 4) is 5.75 Å². The maximum Gasteiger partial charge on any atom is 0.409 e. The Morgan fingerprint density at radius 3 is 2.45 bits per heavy atom. The van der Waals surface area contributed by atoms with Gasteiger partial charge < -0.3 is 19.3 Å². The van der Waals surface area contributed by atoms with Crippen LogP contribution in [-0.2, 0) is 11.2 Å². The third-order valence-electron chi connectivity index (χ3n) is 5.98. The number of piperazine rings is 1. The number of aryl methyl sites for hydroxylation is 1. The summed E-state index contributed by atoms with van der Waals surface area (Å²) in [6.45, 7) is 6.44. The highest BCUT2D eigenvalue weighted by Gasteiger charge is 2.31. The lowest BCUT2D eigenvalue weighted by molar-refractivity contribution is 0.0960. The molecule has 8 nitrogen and oxygen atoms in total. The Hall–Kier alpha value is -3.16. The van der Waals surface area contributed by atoms with Crippen molar-refractivity contribution in [1.82, 2.24) is 14.9 Å². The minimum Gasteiger partial charge on any atom is -0.497 e. The molecular weight excluding hydrogens is 396 g/mol. The fraction of sp³-hybridized carbons (Fsp3) is 0.478. The molecule has 1 aromatic carbocycles. The second kappa shape index (κ2) is 8.91. The fourth-order valence-electron chi connectivity index (χ4n) is 4.32. The standard InChI is InChI=1S/C23H28N4O4/c1-4-31-23(29)27-11-9-26(10-12-27)22-24-15(2)21-19(25-22)13-17(14-20(21)28)16-5-7-18(30-3)8-6-16/h5-8,17H,4,9-14H2,1-3H3. The van der Waals surface area contributed by atoms with Crippen molar-refractivity contribution in [2.45, 2.75) is 32.6 Å². The first-order valence-electron chi connectivity index (χ1n) is 10.7. The Labute approximate surface area is 182 Å². The second-order valence-corrected chi connectivity index (χ2v) is 7.91. The number of methoxy groups -OCH3 is 1. The van der Waals surface area contributed by atoms with E-state index < -0.39 is 0 Å². The van der Waals surface area contributed by atoms with Gasteiger partial charge in [0, 0.05) is 32.6 Å². The minimum atomic E-state index is -0.280. The first kappa shape index (κ1) is 21.1. The summed E-state index contributed by atoms with van der Waals surface area (Å²) in [6, 6.07) is 7.89. The second-order valence-electron chi connectivity index (χ2n) is 7.91. The highest BCUT2D eigenvalue weighted by Crippen LogP contribution is 2.34. The summed E-state index contributed by atoms with van der Waals surface area (Å²) in [7, 11) is 1.64. The van der Waals surface area contributed by atoms with E-state index in [2.05, 4.69) is 9.88 Å². The van der Waals surface area contributed by atoms with E-state index in [4.69, 9.17) is 14.5 Å². The maximum atomic E-state index is 12.9. The molecule has 1 amide bonds. The molecule has 1 saturated heterocycles. The molecule has 8 heteroatoms. The average Bonchev–Trinajstić information content (AvgIpc) is 2.79. The van der Waals surface area contributed by atoms with E-state index >= 15 is 0 Å². The van der Waals surface area contributed by atoms with Gasteiger partial charge in [0.1, 0.15) is 5.75 Å². The van der Waals surface area contributed by atoms with Crippen LogP contribution in [0, 0.1) is 6.92 Å². The Bertz CT molecular complexity index is 968. The van der Waals surface area contributed by atoms with Crippen LogP contribution in [0.3, 0.4) is 0 Å². The first-order valence-corrected chi connectivity index (χ1v) is 10.7. The zero-order valence-electron chi connectivity index (χ0n) is 18.3. The van der Waals surface area contributed by atoms with E-state index in [1.165, 1.54) is 0 Å². The molecule has 1 aliphatic carbocycles. The molecule has 1 atom stereocenters. The van der Waals surface area contributed by atoms with E-state index in [0.717, 1.165) is 22.7 Å². The molecule has 1 unspecified atom stereocenters. The molecule has 0 N–H and O–H groups in total. The molecule has 1 aromatic heterocycles. The van der Waals surface area contributed by atoms with Crippen LogP contribution in [0.25, 0.3) is 0 Å². The van der Waals surface area contributed by atoms with Crippen LogP contribution in [0.5, 0.6) is 5.75 Å². The third-order valence-corrected chi connectivity index (χ3v) is 5.98. The molecule has 1 fully saturated rings. The number of anilines is 1. The highest BCUT2D eigenvalue weighted by molar-refractivity contribution is 5.99. The maximum absolute atomic E-state index is 12.9. The summed E-state index contributed by atoms with van der Waals surface area (Å²) in [5.41, 5.74) is 3.32. The molecule has 31 heavy (non-hydrogen) atoms. The Morgan fingerprint density at radius 1 is 1.10 bits per heavy atom. The number of carbonyl (C=O) groups excluding carboxylic acids is 2. The van der Waals surface area contributed by atoms with Gasteiger partial charge in [0.15, 0.2) is 5.78 Å². The van der Waals surface area contributed by atoms with Crippen LogP contribution in [0.4, 0.5) is 10.7 Å². The molecule has 0 saturated carbocycles. The summed E-state index contributed by atoms with van der Waals surface area (Å²) < 4.78 is 10.3. The number of Topliss-reactive ketones (excluding diaryl/α,β-unsaturated/α-hetero) is 1. The van der Waals surface area contributed by atoms with E-state index in [-0.39, 0.29) is 17.8 Å². The number of hydrogen-bond donors (Lipinski definition) is 0. The Kier molecular flexibility index (Phi) is 6.06. The van der Waals surface area contributed by atoms with E-state index in [1.807, 2.05) is 31.2 Å². The smallest absolute Gasteiger partial charge is 0.409 e. The van der Waals surface area contributed by atoms with E-state index in [0.29, 0.717) is 57.1 Å². The molecule has 0 spiro atoms. The Balaban J connectivity index is 1.53. The highest BCUT2D eigenvalue weighted by atomic mass is 16.6. The van der Waals surface area contributed by atoms with Crippen LogP contribution in [-0.4, -0.2) is 66.6 Å². The molecule has 4 rings (SSSR count). The lowest BCUT2D eigenvalue weighted by Crippen LogP contribution is -2.49. The van der Waals surface area contributed by atoms with Crippen LogP contribution >= 0.6 is 0 Å². The normalized spacial score (nSPS) is 18.5. The molecule has 0 bridgehead atoms. The van der Waals surface area contributed by atoms with Crippen molar-refractivity contribution in [1.29, 1.82) is 0 Å². The number of fused-ring (bicyclic) bond motifs is 1. The first-order chi connectivity index (χ1) is 15.0. The number of benzene rings is 1. The van der Waals surface area contributed by atoms with Gasteiger partial charge in [0.2, 0.25) is 5.95 Å². The number of amides is 1. The molecule has 1 aliphatic heterocycles. The number of ether oxygens (including phenoxy) is 2. The SMILES string of the molecule is CCOC(=O)N1CCN(c2nc(C)c3c(n2)CC(c2ccc(OC)cc2)CC3=O)CC1. The van der Waals surface area contributed by atoms with Crippen molar-refractivity contribution in [3.05, 3.63) is 46.8 Å². The van der Waals surface area contributed by atoms with Crippen molar-refractivity contribution in [2.24, 2.45) is 0 Å². The number of aromatic nitrogens is 2. The third kappa shape index (κ3) is 4.33. The lowest BCUT2D eigenvalue weighted by atomic mass is 9.81. The predicted molar refractivity (Wildman–Crippen MR) is 116 cm³/mol. The number of hydrogen-bond acceptors (Lipinski definition) is 7. The number of ketones is 1. The molecule has 164 valence electrons. The van der Waals surface area contributed by atoms with E-state index in [9.17, 15) is 9.59 Å². The van der Waals surface area contributed by atoms with Gasteiger partial charge in [-0.3, -0.25) is 4.79 Å². The van der Waals surface area contributed by atoms with Crippen LogP contribution in [0.15, 0.2) is 24.3 Å². The van der Waals surface area contributed by atoms with Crippen molar-refractivity contribution in [3.63, 3.8) is 0 Å². The number of nitrogens with zero attached hydrogens (tertiary/aromatic N) is 4. The summed E-state index contributed by atoms with van der Waals surface area (Å²) in [6.07, 6.45) is 0.880. The van der Waals surface area contributed by atoms with Crippen LogP contribution in [0.2, 0.25) is 0 Å². The average molecular weight is 425 g/mol. The molecule has 2 aromatic rings. The van der Waals surface area contributed by atoms with Gasteiger partial charge >= 0.3 is 6.09 Å². The molecule has 0 radical (unpaired) electrons. The number of carbonyl (C=O) groups is 2. The van der Waals surface area contributed by atoms with Crippen LogP contribution < -0.4 is 9.64 Å². The van der Waals surface area contributed by atoms with Gasteiger partial charge in [0.05, 0.1) is 30.7 Å². The largest absolute Gasteiger partial charge is 0.497 e. The van der Waals surface area contributed by atoms with Gasteiger partial charge in [-0.25, -0.2) is 14.8 Å². The van der Waals surface area contributed by atoms with Gasteiger partial charge in [0.25, 0.3) is 0 Å². The van der Waals surface area contributed by atoms with Gasteiger partial charge in [-0.15, -0.1) is 0 Å². The summed E-state index contributed by atoms with van der Waals surface area (Å²) in [5, 5.41) is 0. The molecule has 2 aliphatic rings.